The molecule has 0 bridgehead atoms. The Kier molecular flexibility index (Phi) is 7.25. The zero-order valence-electron chi connectivity index (χ0n) is 19.7. The number of carbonyl (C=O) groups excluding carboxylic acids is 2. The molecule has 10 heteroatoms. The zero-order chi connectivity index (χ0) is 25.9. The number of nitrogens with one attached hydrogen (secondary N) is 1. The summed E-state index contributed by atoms with van der Waals surface area (Å²) in [5, 5.41) is 9.30. The van der Waals surface area contributed by atoms with Crippen LogP contribution in [0, 0.1) is 5.82 Å². The van der Waals surface area contributed by atoms with E-state index in [0.717, 1.165) is 23.0 Å². The standard InChI is InChI=1S/C27H22ClFN4O3S/c1-36-19-12-6-16(7-13-19)22-14-23(20-4-2-3-5-21(20)29)33(32-22)27-31-26(35)24(37-27)15-25(34)30-18-10-8-17(28)9-11-18/h2-13,23-24H,14-15H2,1H3,(H,30,34)/t23-,24+/m0/s1. The van der Waals surface area contributed by atoms with Gasteiger partial charge >= 0.3 is 0 Å². The molecule has 2 heterocycles. The lowest BCUT2D eigenvalue weighted by Gasteiger charge is -2.23. The van der Waals surface area contributed by atoms with Gasteiger partial charge in [-0.1, -0.05) is 41.6 Å². The monoisotopic (exact) mass is 536 g/mol. The molecule has 0 aromatic heterocycles. The third kappa shape index (κ3) is 5.52. The lowest BCUT2D eigenvalue weighted by Crippen LogP contribution is -2.25. The number of amidine groups is 1. The molecule has 2 atom stereocenters. The van der Waals surface area contributed by atoms with Gasteiger partial charge in [0.15, 0.2) is 5.17 Å². The maximum atomic E-state index is 14.8. The fourth-order valence-electron chi connectivity index (χ4n) is 4.15. The molecule has 3 aromatic rings. The van der Waals surface area contributed by atoms with Crippen molar-refractivity contribution in [3.05, 3.63) is 94.8 Å². The Morgan fingerprint density at radius 3 is 2.57 bits per heavy atom. The molecule has 1 N–H and O–H groups in total. The zero-order valence-corrected chi connectivity index (χ0v) is 21.3. The van der Waals surface area contributed by atoms with Crippen LogP contribution in [0.5, 0.6) is 5.75 Å². The van der Waals surface area contributed by atoms with Crippen LogP contribution in [0.4, 0.5) is 10.1 Å². The third-order valence-corrected chi connectivity index (χ3v) is 7.42. The van der Waals surface area contributed by atoms with E-state index in [1.54, 1.807) is 54.6 Å². The summed E-state index contributed by atoms with van der Waals surface area (Å²) in [5.74, 6) is -0.394. The number of rotatable bonds is 6. The molecule has 0 saturated heterocycles. The fourth-order valence-corrected chi connectivity index (χ4v) is 5.34. The molecule has 2 aliphatic heterocycles. The lowest BCUT2D eigenvalue weighted by molar-refractivity contribution is -0.121. The number of nitrogens with zero attached hydrogens (tertiary/aromatic N) is 3. The number of carbonyl (C=O) groups is 2. The molecular weight excluding hydrogens is 515 g/mol. The molecule has 0 radical (unpaired) electrons. The van der Waals surface area contributed by atoms with Crippen molar-refractivity contribution in [1.82, 2.24) is 5.01 Å². The van der Waals surface area contributed by atoms with Crippen LogP contribution in [-0.2, 0) is 9.59 Å². The van der Waals surface area contributed by atoms with Crippen molar-refractivity contribution in [2.45, 2.75) is 24.1 Å². The van der Waals surface area contributed by atoms with Gasteiger partial charge in [0.2, 0.25) is 5.91 Å². The largest absolute Gasteiger partial charge is 0.497 e. The molecule has 0 saturated carbocycles. The van der Waals surface area contributed by atoms with Gasteiger partial charge in [0.25, 0.3) is 5.91 Å². The Morgan fingerprint density at radius 1 is 1.14 bits per heavy atom. The summed E-state index contributed by atoms with van der Waals surface area (Å²) < 4.78 is 20.1. The van der Waals surface area contributed by atoms with Gasteiger partial charge in [-0.05, 0) is 60.2 Å². The van der Waals surface area contributed by atoms with Crippen LogP contribution in [0.25, 0.3) is 0 Å². The number of benzene rings is 3. The number of amides is 2. The van der Waals surface area contributed by atoms with Gasteiger partial charge in [-0.3, -0.25) is 9.59 Å². The summed E-state index contributed by atoms with van der Waals surface area (Å²) in [7, 11) is 1.59. The van der Waals surface area contributed by atoms with E-state index in [4.69, 9.17) is 21.4 Å². The Bertz CT molecular complexity index is 1400. The number of hydrazone groups is 1. The molecule has 5 rings (SSSR count). The maximum Gasteiger partial charge on any atom is 0.262 e. The number of hydrogen-bond donors (Lipinski definition) is 1. The molecule has 2 aliphatic rings. The van der Waals surface area contributed by atoms with Crippen LogP contribution in [-0.4, -0.2) is 40.1 Å². The maximum absolute atomic E-state index is 14.8. The second-order valence-corrected chi connectivity index (χ2v) is 10.1. The van der Waals surface area contributed by atoms with Crippen molar-refractivity contribution < 1.29 is 18.7 Å². The van der Waals surface area contributed by atoms with Crippen molar-refractivity contribution in [3.8, 4) is 5.75 Å². The first-order chi connectivity index (χ1) is 17.9. The first-order valence-electron chi connectivity index (χ1n) is 11.5. The SMILES string of the molecule is COc1ccc(C2=NN(C3=NC(=O)[C@@H](CC(=O)Nc4ccc(Cl)cc4)S3)[C@H](c3ccccc3F)C2)cc1. The average molecular weight is 537 g/mol. The van der Waals surface area contributed by atoms with E-state index < -0.39 is 17.2 Å². The van der Waals surface area contributed by atoms with Crippen LogP contribution in [0.2, 0.25) is 5.02 Å². The van der Waals surface area contributed by atoms with Crippen LogP contribution < -0.4 is 10.1 Å². The number of anilines is 1. The summed E-state index contributed by atoms with van der Waals surface area (Å²) in [5.41, 5.74) is 2.63. The number of methoxy groups -OCH3 is 1. The van der Waals surface area contributed by atoms with E-state index >= 15 is 0 Å². The molecule has 0 spiro atoms. The molecule has 37 heavy (non-hydrogen) atoms. The number of aliphatic imine (C=N–C) groups is 1. The lowest BCUT2D eigenvalue weighted by atomic mass is 9.98. The molecule has 7 nitrogen and oxygen atoms in total. The second kappa shape index (κ2) is 10.7. The van der Waals surface area contributed by atoms with Crippen LogP contribution >= 0.6 is 23.4 Å². The highest BCUT2D eigenvalue weighted by atomic mass is 35.5. The van der Waals surface area contributed by atoms with Gasteiger partial charge in [-0.25, -0.2) is 9.40 Å². The predicted octanol–water partition coefficient (Wildman–Crippen LogP) is 5.67. The van der Waals surface area contributed by atoms with Crippen LogP contribution in [0.3, 0.4) is 0 Å². The van der Waals surface area contributed by atoms with Crippen LogP contribution in [0.15, 0.2) is 82.9 Å². The number of thioether (sulfide) groups is 1. The predicted molar refractivity (Wildman–Crippen MR) is 144 cm³/mol. The van der Waals surface area contributed by atoms with Crippen molar-refractivity contribution in [2.75, 3.05) is 12.4 Å². The molecule has 188 valence electrons. The van der Waals surface area contributed by atoms with E-state index in [2.05, 4.69) is 10.3 Å². The van der Waals surface area contributed by atoms with Crippen molar-refractivity contribution in [2.24, 2.45) is 10.1 Å². The Morgan fingerprint density at radius 2 is 1.86 bits per heavy atom. The highest BCUT2D eigenvalue weighted by Crippen LogP contribution is 2.39. The summed E-state index contributed by atoms with van der Waals surface area (Å²) in [4.78, 5) is 29.5. The summed E-state index contributed by atoms with van der Waals surface area (Å²) in [6, 6.07) is 20.2. The normalized spacial score (nSPS) is 19.0. The van der Waals surface area contributed by atoms with Gasteiger partial charge in [-0.2, -0.15) is 10.1 Å². The summed E-state index contributed by atoms with van der Waals surface area (Å²) >= 11 is 7.05. The Balaban J connectivity index is 1.36. The van der Waals surface area contributed by atoms with E-state index in [1.807, 2.05) is 24.3 Å². The molecule has 2 amide bonds. The van der Waals surface area contributed by atoms with Crippen molar-refractivity contribution >= 4 is 51.7 Å². The van der Waals surface area contributed by atoms with Crippen molar-refractivity contribution in [3.63, 3.8) is 0 Å². The minimum absolute atomic E-state index is 0.0631. The van der Waals surface area contributed by atoms with Gasteiger partial charge in [0.05, 0.1) is 18.9 Å². The van der Waals surface area contributed by atoms with Gasteiger partial charge in [-0.15, -0.1) is 0 Å². The van der Waals surface area contributed by atoms with E-state index in [1.165, 1.54) is 6.07 Å². The molecule has 3 aromatic carbocycles. The first kappa shape index (κ1) is 25.0. The minimum Gasteiger partial charge on any atom is -0.497 e. The number of hydrogen-bond acceptors (Lipinski definition) is 6. The topological polar surface area (TPSA) is 83.4 Å². The average Bonchev–Trinajstić information content (AvgIpc) is 3.49. The quantitative estimate of drug-likeness (QED) is 0.439. The molecule has 0 aliphatic carbocycles. The van der Waals surface area contributed by atoms with E-state index in [9.17, 15) is 14.0 Å². The first-order valence-corrected chi connectivity index (χ1v) is 12.8. The van der Waals surface area contributed by atoms with Gasteiger partial charge in [0.1, 0.15) is 16.8 Å². The molecule has 0 fully saturated rings. The summed E-state index contributed by atoms with van der Waals surface area (Å²) in [6.45, 7) is 0. The van der Waals surface area contributed by atoms with E-state index in [0.29, 0.717) is 33.6 Å². The minimum atomic E-state index is -0.705. The smallest absolute Gasteiger partial charge is 0.262 e. The fraction of sp³-hybridized carbons (Fsp3) is 0.185. The van der Waals surface area contributed by atoms with Crippen LogP contribution in [0.1, 0.15) is 30.0 Å². The highest BCUT2D eigenvalue weighted by Gasteiger charge is 2.39. The van der Waals surface area contributed by atoms with E-state index in [-0.39, 0.29) is 18.1 Å². The number of halogens is 2. The molecular formula is C27H22ClFN4O3S. The summed E-state index contributed by atoms with van der Waals surface area (Å²) in [6.07, 6.45) is 0.356. The Labute approximate surface area is 222 Å². The Hall–Kier alpha value is -3.69. The van der Waals surface area contributed by atoms with Crippen molar-refractivity contribution in [1.29, 1.82) is 0 Å². The van der Waals surface area contributed by atoms with Gasteiger partial charge in [0, 0.05) is 29.1 Å². The van der Waals surface area contributed by atoms with Gasteiger partial charge < -0.3 is 10.1 Å². The highest BCUT2D eigenvalue weighted by molar-refractivity contribution is 8.15. The second-order valence-electron chi connectivity index (χ2n) is 8.46. The molecule has 0 unspecified atom stereocenters. The third-order valence-electron chi connectivity index (χ3n) is 6.02. The number of ether oxygens (including phenoxy) is 1.